The minimum atomic E-state index is 0.0305. The lowest BCUT2D eigenvalue weighted by Crippen LogP contribution is -2.28. The zero-order valence-electron chi connectivity index (χ0n) is 13.8. The number of rotatable bonds is 5. The lowest BCUT2D eigenvalue weighted by molar-refractivity contribution is -0.121. The van der Waals surface area contributed by atoms with Gasteiger partial charge in [0.25, 0.3) is 0 Å². The summed E-state index contributed by atoms with van der Waals surface area (Å²) < 4.78 is 5.99. The third-order valence-corrected chi connectivity index (χ3v) is 5.41. The molecule has 0 fully saturated rings. The molecule has 1 amide bonds. The van der Waals surface area contributed by atoms with Crippen LogP contribution in [0.4, 0.5) is 0 Å². The highest BCUT2D eigenvalue weighted by molar-refractivity contribution is 7.09. The van der Waals surface area contributed by atoms with E-state index in [1.807, 2.05) is 42.5 Å². The van der Waals surface area contributed by atoms with Crippen LogP contribution in [0.1, 0.15) is 28.3 Å². The Morgan fingerprint density at radius 1 is 0.960 bits per heavy atom. The van der Waals surface area contributed by atoms with E-state index in [0.717, 1.165) is 29.0 Å². The number of hydrogen-bond acceptors (Lipinski definition) is 3. The number of carbonyl (C=O) groups excluding carboxylic acids is 1. The minimum Gasteiger partial charge on any atom is -0.457 e. The van der Waals surface area contributed by atoms with E-state index >= 15 is 0 Å². The molecule has 0 aliphatic carbocycles. The van der Waals surface area contributed by atoms with Crippen molar-refractivity contribution >= 4 is 17.2 Å². The largest absolute Gasteiger partial charge is 0.457 e. The van der Waals surface area contributed by atoms with Gasteiger partial charge in [-0.2, -0.15) is 0 Å². The van der Waals surface area contributed by atoms with Gasteiger partial charge in [0.1, 0.15) is 11.5 Å². The van der Waals surface area contributed by atoms with Crippen molar-refractivity contribution in [3.63, 3.8) is 0 Å². The van der Waals surface area contributed by atoms with Gasteiger partial charge in [0, 0.05) is 34.9 Å². The first kappa shape index (κ1) is 15.9. The van der Waals surface area contributed by atoms with Crippen molar-refractivity contribution in [3.05, 3.63) is 82.0 Å². The van der Waals surface area contributed by atoms with Crippen LogP contribution in [0, 0.1) is 0 Å². The Labute approximate surface area is 151 Å². The molecule has 1 aliphatic rings. The van der Waals surface area contributed by atoms with E-state index in [2.05, 4.69) is 28.9 Å². The number of para-hydroxylation sites is 2. The topological polar surface area (TPSA) is 38.3 Å². The van der Waals surface area contributed by atoms with E-state index in [1.165, 1.54) is 4.88 Å². The van der Waals surface area contributed by atoms with Crippen molar-refractivity contribution in [1.29, 1.82) is 0 Å². The summed E-state index contributed by atoms with van der Waals surface area (Å²) in [5.74, 6) is 1.80. The molecule has 4 heteroatoms. The summed E-state index contributed by atoms with van der Waals surface area (Å²) in [4.78, 5) is 13.8. The predicted molar refractivity (Wildman–Crippen MR) is 100 cm³/mol. The van der Waals surface area contributed by atoms with E-state index < -0.39 is 0 Å². The summed E-state index contributed by atoms with van der Waals surface area (Å²) in [6.45, 7) is 0.672. The summed E-state index contributed by atoms with van der Waals surface area (Å²) in [5, 5.41) is 5.12. The second-order valence-electron chi connectivity index (χ2n) is 6.11. The molecule has 126 valence electrons. The summed E-state index contributed by atoms with van der Waals surface area (Å²) in [7, 11) is 0. The lowest BCUT2D eigenvalue weighted by atomic mass is 9.85. The quantitative estimate of drug-likeness (QED) is 0.723. The molecule has 0 unspecified atom stereocenters. The molecule has 25 heavy (non-hydrogen) atoms. The number of fused-ring (bicyclic) bond motifs is 2. The Morgan fingerprint density at radius 3 is 2.28 bits per heavy atom. The number of nitrogens with one attached hydrogen (secondary N) is 1. The standard InChI is InChI=1S/C21H19NO2S/c23-21(22-12-11-15-6-5-13-25-15)14-18-16-7-1-3-9-19(16)24-20-10-4-2-8-17(18)20/h1-10,13,18H,11-12,14H2,(H,22,23). The van der Waals surface area contributed by atoms with Gasteiger partial charge in [0.05, 0.1) is 0 Å². The molecule has 4 rings (SSSR count). The molecule has 1 aliphatic heterocycles. The Balaban J connectivity index is 1.48. The van der Waals surface area contributed by atoms with E-state index in [9.17, 15) is 4.79 Å². The molecule has 0 spiro atoms. The first-order chi connectivity index (χ1) is 12.3. The van der Waals surface area contributed by atoms with Crippen molar-refractivity contribution in [2.24, 2.45) is 0 Å². The van der Waals surface area contributed by atoms with Crippen molar-refractivity contribution < 1.29 is 9.53 Å². The molecule has 0 atom stereocenters. The summed E-state index contributed by atoms with van der Waals surface area (Å²) in [5.41, 5.74) is 2.16. The van der Waals surface area contributed by atoms with Gasteiger partial charge in [-0.1, -0.05) is 42.5 Å². The van der Waals surface area contributed by atoms with Gasteiger partial charge in [0.15, 0.2) is 0 Å². The van der Waals surface area contributed by atoms with Crippen molar-refractivity contribution in [1.82, 2.24) is 5.32 Å². The fourth-order valence-electron chi connectivity index (χ4n) is 3.27. The molecule has 2 aromatic carbocycles. The Hall–Kier alpha value is -2.59. The normalized spacial score (nSPS) is 12.8. The molecule has 2 heterocycles. The van der Waals surface area contributed by atoms with Crippen molar-refractivity contribution in [3.8, 4) is 11.5 Å². The van der Waals surface area contributed by atoms with E-state index in [4.69, 9.17) is 4.74 Å². The maximum Gasteiger partial charge on any atom is 0.220 e. The molecule has 0 radical (unpaired) electrons. The molecule has 3 aromatic rings. The van der Waals surface area contributed by atoms with Gasteiger partial charge >= 0.3 is 0 Å². The van der Waals surface area contributed by atoms with Gasteiger partial charge in [-0.25, -0.2) is 0 Å². The first-order valence-corrected chi connectivity index (χ1v) is 9.34. The molecule has 0 saturated carbocycles. The lowest BCUT2D eigenvalue weighted by Gasteiger charge is -2.27. The van der Waals surface area contributed by atoms with Gasteiger partial charge in [-0.05, 0) is 30.0 Å². The van der Waals surface area contributed by atoms with Crippen LogP contribution in [0.5, 0.6) is 11.5 Å². The number of benzene rings is 2. The SMILES string of the molecule is O=C(CC1c2ccccc2Oc2ccccc21)NCCc1cccs1. The number of carbonyl (C=O) groups is 1. The monoisotopic (exact) mass is 349 g/mol. The number of thiophene rings is 1. The highest BCUT2D eigenvalue weighted by atomic mass is 32.1. The van der Waals surface area contributed by atoms with Crippen LogP contribution in [-0.2, 0) is 11.2 Å². The summed E-state index contributed by atoms with van der Waals surface area (Å²) in [6, 6.07) is 20.1. The third-order valence-electron chi connectivity index (χ3n) is 4.47. The third kappa shape index (κ3) is 3.44. The first-order valence-electron chi connectivity index (χ1n) is 8.46. The van der Waals surface area contributed by atoms with Gasteiger partial charge in [-0.3, -0.25) is 4.79 Å². The molecule has 1 N–H and O–H groups in total. The smallest absolute Gasteiger partial charge is 0.220 e. The van der Waals surface area contributed by atoms with Crippen LogP contribution in [0.2, 0.25) is 0 Å². The highest BCUT2D eigenvalue weighted by Crippen LogP contribution is 2.45. The second-order valence-corrected chi connectivity index (χ2v) is 7.15. The maximum atomic E-state index is 12.5. The summed E-state index contributed by atoms with van der Waals surface area (Å²) in [6.07, 6.45) is 1.31. The molecule has 3 nitrogen and oxygen atoms in total. The zero-order chi connectivity index (χ0) is 17.1. The van der Waals surface area contributed by atoms with Crippen LogP contribution in [0.3, 0.4) is 0 Å². The Kier molecular flexibility index (Phi) is 4.53. The van der Waals surface area contributed by atoms with Gasteiger partial charge in [0.2, 0.25) is 5.91 Å². The summed E-state index contributed by atoms with van der Waals surface area (Å²) >= 11 is 1.72. The number of hydrogen-bond donors (Lipinski definition) is 1. The average molecular weight is 349 g/mol. The molecular weight excluding hydrogens is 330 g/mol. The van der Waals surface area contributed by atoms with Crippen LogP contribution < -0.4 is 10.1 Å². The number of ether oxygens (including phenoxy) is 1. The average Bonchev–Trinajstić information content (AvgIpc) is 3.15. The van der Waals surface area contributed by atoms with E-state index in [0.29, 0.717) is 13.0 Å². The van der Waals surface area contributed by atoms with Gasteiger partial charge < -0.3 is 10.1 Å². The molecular formula is C21H19NO2S. The highest BCUT2D eigenvalue weighted by Gasteiger charge is 2.28. The molecule has 1 aromatic heterocycles. The van der Waals surface area contributed by atoms with Crippen LogP contribution in [0.15, 0.2) is 66.0 Å². The van der Waals surface area contributed by atoms with Crippen LogP contribution in [-0.4, -0.2) is 12.5 Å². The van der Waals surface area contributed by atoms with E-state index in [1.54, 1.807) is 11.3 Å². The Bertz CT molecular complexity index is 828. The molecule has 0 bridgehead atoms. The fourth-order valence-corrected chi connectivity index (χ4v) is 3.98. The predicted octanol–water partition coefficient (Wildman–Crippen LogP) is 4.73. The van der Waals surface area contributed by atoms with Crippen molar-refractivity contribution in [2.75, 3.05) is 6.54 Å². The fraction of sp³-hybridized carbons (Fsp3) is 0.190. The molecule has 0 saturated heterocycles. The van der Waals surface area contributed by atoms with Gasteiger partial charge in [-0.15, -0.1) is 11.3 Å². The van der Waals surface area contributed by atoms with Crippen LogP contribution in [0.25, 0.3) is 0 Å². The minimum absolute atomic E-state index is 0.0305. The maximum absolute atomic E-state index is 12.5. The number of amides is 1. The van der Waals surface area contributed by atoms with Crippen LogP contribution >= 0.6 is 11.3 Å². The van der Waals surface area contributed by atoms with Crippen molar-refractivity contribution in [2.45, 2.75) is 18.8 Å². The Morgan fingerprint density at radius 2 is 1.64 bits per heavy atom. The van der Waals surface area contributed by atoms with E-state index in [-0.39, 0.29) is 11.8 Å². The second kappa shape index (κ2) is 7.11. The zero-order valence-corrected chi connectivity index (χ0v) is 14.6.